The molecule has 1 atom stereocenters. The Bertz CT molecular complexity index is 223. The van der Waals surface area contributed by atoms with E-state index in [1.165, 1.54) is 4.90 Å². The Balaban J connectivity index is 2.63. The molecule has 80 valence electrons. The SMILES string of the molecule is CC(C)CC(C(=O)O)N(C=O)C1CC1. The van der Waals surface area contributed by atoms with Crippen LogP contribution in [-0.4, -0.2) is 34.5 Å². The standard InChI is InChI=1S/C10H17NO3/c1-7(2)5-9(10(13)14)11(6-12)8-3-4-8/h6-9H,3-5H2,1-2H3,(H,13,14). The molecule has 1 saturated carbocycles. The van der Waals surface area contributed by atoms with Gasteiger partial charge in [0.2, 0.25) is 6.41 Å². The second kappa shape index (κ2) is 4.44. The number of hydrogen-bond acceptors (Lipinski definition) is 2. The lowest BCUT2D eigenvalue weighted by Crippen LogP contribution is -2.42. The summed E-state index contributed by atoms with van der Waals surface area (Å²) in [5.41, 5.74) is 0. The summed E-state index contributed by atoms with van der Waals surface area (Å²) >= 11 is 0. The normalized spacial score (nSPS) is 17.9. The highest BCUT2D eigenvalue weighted by Gasteiger charge is 2.36. The van der Waals surface area contributed by atoms with Crippen LogP contribution in [0.1, 0.15) is 33.1 Å². The average Bonchev–Trinajstić information content (AvgIpc) is 2.86. The Kier molecular flexibility index (Phi) is 3.49. The van der Waals surface area contributed by atoms with Gasteiger partial charge in [0.25, 0.3) is 0 Å². The van der Waals surface area contributed by atoms with Crippen molar-refractivity contribution in [1.29, 1.82) is 0 Å². The third kappa shape index (κ3) is 2.72. The molecule has 1 aliphatic carbocycles. The van der Waals surface area contributed by atoms with Crippen LogP contribution in [-0.2, 0) is 9.59 Å². The van der Waals surface area contributed by atoms with Crippen molar-refractivity contribution >= 4 is 12.4 Å². The van der Waals surface area contributed by atoms with Crippen molar-refractivity contribution in [2.45, 2.75) is 45.2 Å². The highest BCUT2D eigenvalue weighted by molar-refractivity contribution is 5.76. The van der Waals surface area contributed by atoms with E-state index in [4.69, 9.17) is 5.11 Å². The Morgan fingerprint density at radius 2 is 2.14 bits per heavy atom. The van der Waals surface area contributed by atoms with Crippen molar-refractivity contribution in [3.63, 3.8) is 0 Å². The van der Waals surface area contributed by atoms with Gasteiger partial charge in [-0.15, -0.1) is 0 Å². The number of carbonyl (C=O) groups excluding carboxylic acids is 1. The zero-order valence-electron chi connectivity index (χ0n) is 8.64. The summed E-state index contributed by atoms with van der Waals surface area (Å²) in [6.45, 7) is 3.93. The molecule has 1 amide bonds. The van der Waals surface area contributed by atoms with Crippen molar-refractivity contribution in [2.24, 2.45) is 5.92 Å². The average molecular weight is 199 g/mol. The van der Waals surface area contributed by atoms with Crippen molar-refractivity contribution in [1.82, 2.24) is 4.90 Å². The fourth-order valence-corrected chi connectivity index (χ4v) is 1.58. The van der Waals surface area contributed by atoms with Crippen molar-refractivity contribution in [3.8, 4) is 0 Å². The maximum atomic E-state index is 11.0. The summed E-state index contributed by atoms with van der Waals surface area (Å²) in [7, 11) is 0. The molecule has 0 aromatic heterocycles. The molecule has 0 spiro atoms. The first-order valence-corrected chi connectivity index (χ1v) is 5.01. The topological polar surface area (TPSA) is 57.6 Å². The molecule has 4 heteroatoms. The van der Waals surface area contributed by atoms with Gasteiger partial charge in [0.1, 0.15) is 6.04 Å². The first kappa shape index (κ1) is 11.0. The lowest BCUT2D eigenvalue weighted by molar-refractivity contribution is -0.147. The van der Waals surface area contributed by atoms with Gasteiger partial charge in [0, 0.05) is 6.04 Å². The molecule has 14 heavy (non-hydrogen) atoms. The fraction of sp³-hybridized carbons (Fsp3) is 0.800. The number of aliphatic carboxylic acids is 1. The molecule has 1 aliphatic rings. The minimum absolute atomic E-state index is 0.173. The largest absolute Gasteiger partial charge is 0.480 e. The number of carboxylic acid groups (broad SMARTS) is 1. The van der Waals surface area contributed by atoms with Crippen LogP contribution >= 0.6 is 0 Å². The van der Waals surface area contributed by atoms with Crippen LogP contribution in [0.5, 0.6) is 0 Å². The van der Waals surface area contributed by atoms with E-state index in [9.17, 15) is 9.59 Å². The molecular weight excluding hydrogens is 182 g/mol. The van der Waals surface area contributed by atoms with Gasteiger partial charge in [0.05, 0.1) is 0 Å². The van der Waals surface area contributed by atoms with Crippen LogP contribution in [0.4, 0.5) is 0 Å². The van der Waals surface area contributed by atoms with E-state index < -0.39 is 12.0 Å². The second-order valence-electron chi connectivity index (χ2n) is 4.27. The molecule has 0 heterocycles. The second-order valence-corrected chi connectivity index (χ2v) is 4.27. The zero-order valence-corrected chi connectivity index (χ0v) is 8.64. The monoisotopic (exact) mass is 199 g/mol. The van der Waals surface area contributed by atoms with E-state index in [0.29, 0.717) is 12.8 Å². The van der Waals surface area contributed by atoms with Crippen molar-refractivity contribution < 1.29 is 14.7 Å². The molecule has 0 aromatic carbocycles. The van der Waals surface area contributed by atoms with E-state index in [-0.39, 0.29) is 12.0 Å². The molecule has 0 saturated heterocycles. The van der Waals surface area contributed by atoms with Gasteiger partial charge in [-0.05, 0) is 25.2 Å². The van der Waals surface area contributed by atoms with Gasteiger partial charge in [-0.2, -0.15) is 0 Å². The molecule has 0 aliphatic heterocycles. The van der Waals surface area contributed by atoms with Crippen LogP contribution in [0.2, 0.25) is 0 Å². The highest BCUT2D eigenvalue weighted by Crippen LogP contribution is 2.29. The molecule has 4 nitrogen and oxygen atoms in total. The van der Waals surface area contributed by atoms with Crippen LogP contribution in [0.15, 0.2) is 0 Å². The molecular formula is C10H17NO3. The minimum atomic E-state index is -0.891. The minimum Gasteiger partial charge on any atom is -0.480 e. The molecule has 0 bridgehead atoms. The van der Waals surface area contributed by atoms with Crippen molar-refractivity contribution in [2.75, 3.05) is 0 Å². The first-order chi connectivity index (χ1) is 6.56. The number of amides is 1. The van der Waals surface area contributed by atoms with Crippen LogP contribution < -0.4 is 0 Å². The molecule has 0 radical (unpaired) electrons. The van der Waals surface area contributed by atoms with Crippen LogP contribution in [0, 0.1) is 5.92 Å². The number of carbonyl (C=O) groups is 2. The summed E-state index contributed by atoms with van der Waals surface area (Å²) in [4.78, 5) is 23.2. The van der Waals surface area contributed by atoms with Gasteiger partial charge >= 0.3 is 5.97 Å². The maximum Gasteiger partial charge on any atom is 0.326 e. The molecule has 1 unspecified atom stereocenters. The Hall–Kier alpha value is -1.06. The molecule has 1 rings (SSSR count). The van der Waals surface area contributed by atoms with Gasteiger partial charge in [-0.25, -0.2) is 4.79 Å². The predicted molar refractivity (Wildman–Crippen MR) is 51.8 cm³/mol. The van der Waals surface area contributed by atoms with Crippen molar-refractivity contribution in [3.05, 3.63) is 0 Å². The van der Waals surface area contributed by atoms with E-state index >= 15 is 0 Å². The maximum absolute atomic E-state index is 11.0. The number of rotatable bonds is 6. The lowest BCUT2D eigenvalue weighted by atomic mass is 10.0. The number of hydrogen-bond donors (Lipinski definition) is 1. The van der Waals surface area contributed by atoms with E-state index in [1.54, 1.807) is 0 Å². The number of carboxylic acids is 1. The summed E-state index contributed by atoms with van der Waals surface area (Å²) in [5, 5.41) is 9.00. The van der Waals surface area contributed by atoms with Gasteiger partial charge in [0.15, 0.2) is 0 Å². The van der Waals surface area contributed by atoms with Gasteiger partial charge in [-0.3, -0.25) is 4.79 Å². The lowest BCUT2D eigenvalue weighted by Gasteiger charge is -2.26. The summed E-state index contributed by atoms with van der Waals surface area (Å²) < 4.78 is 0. The fourth-order valence-electron chi connectivity index (χ4n) is 1.58. The quantitative estimate of drug-likeness (QED) is 0.652. The zero-order chi connectivity index (χ0) is 10.7. The molecule has 0 aromatic rings. The number of nitrogens with zero attached hydrogens (tertiary/aromatic N) is 1. The Morgan fingerprint density at radius 3 is 2.43 bits per heavy atom. The van der Waals surface area contributed by atoms with E-state index in [0.717, 1.165) is 12.8 Å². The third-order valence-corrected chi connectivity index (χ3v) is 2.43. The van der Waals surface area contributed by atoms with Gasteiger partial charge in [-0.1, -0.05) is 13.8 Å². The Labute approximate surface area is 83.9 Å². The highest BCUT2D eigenvalue weighted by atomic mass is 16.4. The summed E-state index contributed by atoms with van der Waals surface area (Å²) in [6, 6.07) is -0.465. The van der Waals surface area contributed by atoms with E-state index in [2.05, 4.69) is 0 Å². The molecule has 1 N–H and O–H groups in total. The third-order valence-electron chi connectivity index (χ3n) is 2.43. The summed E-state index contributed by atoms with van der Waals surface area (Å²) in [6.07, 6.45) is 3.10. The first-order valence-electron chi connectivity index (χ1n) is 5.01. The smallest absolute Gasteiger partial charge is 0.326 e. The summed E-state index contributed by atoms with van der Waals surface area (Å²) in [5.74, 6) is -0.602. The van der Waals surface area contributed by atoms with Gasteiger partial charge < -0.3 is 10.0 Å². The van der Waals surface area contributed by atoms with E-state index in [1.807, 2.05) is 13.8 Å². The molecule has 1 fully saturated rings. The van der Waals surface area contributed by atoms with Crippen LogP contribution in [0.3, 0.4) is 0 Å². The Morgan fingerprint density at radius 1 is 1.57 bits per heavy atom. The predicted octanol–water partition coefficient (Wildman–Crippen LogP) is 1.11. The van der Waals surface area contributed by atoms with Crippen LogP contribution in [0.25, 0.3) is 0 Å².